The van der Waals surface area contributed by atoms with Crippen LogP contribution < -0.4 is 10.9 Å². The Morgan fingerprint density at radius 2 is 1.96 bits per heavy atom. The Labute approximate surface area is 135 Å². The molecule has 0 unspecified atom stereocenters. The fraction of sp³-hybridized carbons (Fsp3) is 0.133. The average Bonchev–Trinajstić information content (AvgIpc) is 3.03. The van der Waals surface area contributed by atoms with Crippen molar-refractivity contribution >= 4 is 22.4 Å². The maximum Gasteiger partial charge on any atom is 0.277 e. The van der Waals surface area contributed by atoms with Crippen LogP contribution in [-0.2, 0) is 6.42 Å². The normalized spacial score (nSPS) is 10.5. The highest BCUT2D eigenvalue weighted by atomic mass is 32.1. The van der Waals surface area contributed by atoms with Gasteiger partial charge >= 0.3 is 0 Å². The molecule has 1 aromatic carbocycles. The van der Waals surface area contributed by atoms with E-state index >= 15 is 0 Å². The van der Waals surface area contributed by atoms with Crippen molar-refractivity contribution in [3.05, 3.63) is 63.5 Å². The summed E-state index contributed by atoms with van der Waals surface area (Å²) in [6.07, 6.45) is 0.755. The van der Waals surface area contributed by atoms with Crippen LogP contribution >= 0.6 is 11.3 Å². The van der Waals surface area contributed by atoms with Crippen molar-refractivity contribution in [2.24, 2.45) is 0 Å². The Morgan fingerprint density at radius 1 is 1.17 bits per heavy atom. The summed E-state index contributed by atoms with van der Waals surface area (Å²) in [5, 5.41) is 15.8. The van der Waals surface area contributed by atoms with Crippen molar-refractivity contribution in [1.82, 2.24) is 20.0 Å². The Morgan fingerprint density at radius 3 is 2.65 bits per heavy atom. The molecule has 2 heterocycles. The van der Waals surface area contributed by atoms with Crippen LogP contribution in [0.25, 0.3) is 5.69 Å². The van der Waals surface area contributed by atoms with Gasteiger partial charge in [-0.15, -0.1) is 10.2 Å². The van der Waals surface area contributed by atoms with Gasteiger partial charge in [0.15, 0.2) is 0 Å². The topological polar surface area (TPSA) is 89.8 Å². The van der Waals surface area contributed by atoms with E-state index in [1.54, 1.807) is 24.3 Å². The van der Waals surface area contributed by atoms with Crippen LogP contribution in [0.3, 0.4) is 0 Å². The predicted octanol–water partition coefficient (Wildman–Crippen LogP) is 1.90. The van der Waals surface area contributed by atoms with E-state index in [0.29, 0.717) is 10.8 Å². The van der Waals surface area contributed by atoms with Crippen molar-refractivity contribution in [3.63, 3.8) is 0 Å². The van der Waals surface area contributed by atoms with E-state index in [9.17, 15) is 9.59 Å². The monoisotopic (exact) mass is 327 g/mol. The number of hydrogen-bond acceptors (Lipinski definition) is 6. The standard InChI is InChI=1S/C15H13N5O2S/c1-2-12-17-18-15(23-12)16-14(22)11-8-9-13(21)20(19-11)10-6-4-3-5-7-10/h3-9H,2H2,1H3,(H,16,18,22). The van der Waals surface area contributed by atoms with Gasteiger partial charge in [0.2, 0.25) is 5.13 Å². The summed E-state index contributed by atoms with van der Waals surface area (Å²) in [5.41, 5.74) is 0.412. The molecule has 0 aliphatic rings. The fourth-order valence-electron chi connectivity index (χ4n) is 1.89. The van der Waals surface area contributed by atoms with Gasteiger partial charge in [0.25, 0.3) is 11.5 Å². The van der Waals surface area contributed by atoms with Crippen LogP contribution in [0.4, 0.5) is 5.13 Å². The largest absolute Gasteiger partial charge is 0.295 e. The van der Waals surface area contributed by atoms with Gasteiger partial charge in [-0.1, -0.05) is 36.5 Å². The third-order valence-corrected chi connectivity index (χ3v) is 4.01. The average molecular weight is 327 g/mol. The first-order valence-corrected chi connectivity index (χ1v) is 7.78. The minimum Gasteiger partial charge on any atom is -0.295 e. The minimum absolute atomic E-state index is 0.127. The second-order valence-electron chi connectivity index (χ2n) is 4.61. The molecule has 1 N–H and O–H groups in total. The lowest BCUT2D eigenvalue weighted by Gasteiger charge is -2.06. The number of aromatic nitrogens is 4. The van der Waals surface area contributed by atoms with Crippen LogP contribution in [-0.4, -0.2) is 25.9 Å². The summed E-state index contributed by atoms with van der Waals surface area (Å²) in [6.45, 7) is 1.96. The summed E-state index contributed by atoms with van der Waals surface area (Å²) in [4.78, 5) is 24.2. The number of rotatable bonds is 4. The SMILES string of the molecule is CCc1nnc(NC(=O)c2ccc(=O)n(-c3ccccc3)n2)s1. The number of hydrogen-bond donors (Lipinski definition) is 1. The summed E-state index contributed by atoms with van der Waals surface area (Å²) in [5.74, 6) is -0.437. The van der Waals surface area contributed by atoms with Gasteiger partial charge in [0.1, 0.15) is 10.7 Å². The number of nitrogens with one attached hydrogen (secondary N) is 1. The zero-order chi connectivity index (χ0) is 16.2. The van der Waals surface area contributed by atoms with E-state index in [4.69, 9.17) is 0 Å². The third kappa shape index (κ3) is 3.32. The lowest BCUT2D eigenvalue weighted by atomic mass is 10.3. The first kappa shape index (κ1) is 15.0. The van der Waals surface area contributed by atoms with E-state index in [-0.39, 0.29) is 11.3 Å². The van der Waals surface area contributed by atoms with E-state index in [1.165, 1.54) is 28.2 Å². The van der Waals surface area contributed by atoms with Crippen LogP contribution in [0.2, 0.25) is 0 Å². The second kappa shape index (κ2) is 6.49. The van der Waals surface area contributed by atoms with E-state index < -0.39 is 5.91 Å². The van der Waals surface area contributed by atoms with Gasteiger partial charge in [-0.2, -0.15) is 9.78 Å². The molecule has 0 fully saturated rings. The maximum atomic E-state index is 12.3. The summed E-state index contributed by atoms with van der Waals surface area (Å²) >= 11 is 1.31. The van der Waals surface area contributed by atoms with E-state index in [2.05, 4.69) is 20.6 Å². The first-order valence-electron chi connectivity index (χ1n) is 6.97. The van der Waals surface area contributed by atoms with Crippen LogP contribution in [0, 0.1) is 0 Å². The molecule has 0 spiro atoms. The Balaban J connectivity index is 1.88. The molecule has 7 nitrogen and oxygen atoms in total. The number of para-hydroxylation sites is 1. The number of benzene rings is 1. The van der Waals surface area contributed by atoms with Crippen LogP contribution in [0.1, 0.15) is 22.4 Å². The van der Waals surface area contributed by atoms with Crippen molar-refractivity contribution < 1.29 is 4.79 Å². The second-order valence-corrected chi connectivity index (χ2v) is 5.67. The lowest BCUT2D eigenvalue weighted by Crippen LogP contribution is -2.24. The molecule has 0 atom stereocenters. The number of amides is 1. The molecule has 0 saturated carbocycles. The van der Waals surface area contributed by atoms with Crippen LogP contribution in [0.15, 0.2) is 47.3 Å². The molecule has 0 radical (unpaired) electrons. The summed E-state index contributed by atoms with van der Waals surface area (Å²) in [6, 6.07) is 11.6. The van der Waals surface area contributed by atoms with Crippen LogP contribution in [0.5, 0.6) is 0 Å². The highest BCUT2D eigenvalue weighted by Crippen LogP contribution is 2.16. The van der Waals surface area contributed by atoms with Crippen molar-refractivity contribution in [1.29, 1.82) is 0 Å². The quantitative estimate of drug-likeness (QED) is 0.790. The summed E-state index contributed by atoms with van der Waals surface area (Å²) in [7, 11) is 0. The molecule has 8 heteroatoms. The Kier molecular flexibility index (Phi) is 4.24. The predicted molar refractivity (Wildman–Crippen MR) is 87.1 cm³/mol. The van der Waals surface area contributed by atoms with Gasteiger partial charge in [0.05, 0.1) is 5.69 Å². The number of carbonyl (C=O) groups is 1. The minimum atomic E-state index is -0.437. The molecule has 0 aliphatic carbocycles. The molecular formula is C15H13N5O2S. The summed E-state index contributed by atoms with van der Waals surface area (Å²) < 4.78 is 1.19. The molecule has 0 aliphatic heterocycles. The van der Waals surface area contributed by atoms with Gasteiger partial charge in [-0.05, 0) is 24.6 Å². The Hall–Kier alpha value is -2.87. The van der Waals surface area contributed by atoms with Crippen molar-refractivity contribution in [2.45, 2.75) is 13.3 Å². The number of nitrogens with zero attached hydrogens (tertiary/aromatic N) is 4. The molecule has 3 aromatic rings. The molecule has 3 rings (SSSR count). The van der Waals surface area contributed by atoms with Crippen molar-refractivity contribution in [2.75, 3.05) is 5.32 Å². The third-order valence-electron chi connectivity index (χ3n) is 3.02. The molecular weight excluding hydrogens is 314 g/mol. The van der Waals surface area contributed by atoms with E-state index in [0.717, 1.165) is 11.4 Å². The molecule has 116 valence electrons. The zero-order valence-electron chi connectivity index (χ0n) is 12.3. The zero-order valence-corrected chi connectivity index (χ0v) is 13.1. The fourth-order valence-corrected chi connectivity index (χ4v) is 2.57. The van der Waals surface area contributed by atoms with Gasteiger partial charge in [-0.25, -0.2) is 0 Å². The smallest absolute Gasteiger partial charge is 0.277 e. The van der Waals surface area contributed by atoms with Gasteiger partial charge in [0, 0.05) is 6.07 Å². The maximum absolute atomic E-state index is 12.3. The van der Waals surface area contributed by atoms with E-state index in [1.807, 2.05) is 13.0 Å². The molecule has 0 bridgehead atoms. The molecule has 2 aromatic heterocycles. The molecule has 0 saturated heterocycles. The number of aryl methyl sites for hydroxylation is 1. The Bertz CT molecular complexity index is 888. The number of anilines is 1. The van der Waals surface area contributed by atoms with Gasteiger partial charge < -0.3 is 0 Å². The highest BCUT2D eigenvalue weighted by molar-refractivity contribution is 7.15. The first-order chi connectivity index (χ1) is 11.2. The molecule has 1 amide bonds. The van der Waals surface area contributed by atoms with Crippen molar-refractivity contribution in [3.8, 4) is 5.69 Å². The molecule has 23 heavy (non-hydrogen) atoms. The van der Waals surface area contributed by atoms with Gasteiger partial charge in [-0.3, -0.25) is 14.9 Å². The number of carbonyl (C=O) groups excluding carboxylic acids is 1. The lowest BCUT2D eigenvalue weighted by molar-refractivity contribution is 0.102. The highest BCUT2D eigenvalue weighted by Gasteiger charge is 2.13.